The van der Waals surface area contributed by atoms with E-state index in [1.807, 2.05) is 24.8 Å². The van der Waals surface area contributed by atoms with Gasteiger partial charge in [0.1, 0.15) is 6.54 Å². The molecule has 1 aromatic rings. The molecular formula is C14H23N3O2. The summed E-state index contributed by atoms with van der Waals surface area (Å²) in [5.41, 5.74) is 1.97. The first-order valence-corrected chi connectivity index (χ1v) is 7.00. The quantitative estimate of drug-likeness (QED) is 0.887. The minimum atomic E-state index is 0.133. The standard InChI is InChI=1S/C14H23N3O2/c1-11-8-12(2)17(15-11)10-14(19)16-6-3-4-13(9-16)5-7-18/h8,13,18H,3-7,9-10H2,1-2H3. The van der Waals surface area contributed by atoms with Crippen LogP contribution in [0.1, 0.15) is 30.7 Å². The maximum Gasteiger partial charge on any atom is 0.244 e. The van der Waals surface area contributed by atoms with Gasteiger partial charge < -0.3 is 10.0 Å². The second-order valence-electron chi connectivity index (χ2n) is 5.45. The van der Waals surface area contributed by atoms with Gasteiger partial charge in [-0.1, -0.05) is 0 Å². The smallest absolute Gasteiger partial charge is 0.244 e. The zero-order valence-corrected chi connectivity index (χ0v) is 11.8. The maximum atomic E-state index is 12.3. The lowest BCUT2D eigenvalue weighted by molar-refractivity contribution is -0.134. The molecular weight excluding hydrogens is 242 g/mol. The predicted octanol–water partition coefficient (Wildman–Crippen LogP) is 1.12. The zero-order chi connectivity index (χ0) is 13.8. The molecule has 1 saturated heterocycles. The Hall–Kier alpha value is -1.36. The molecule has 1 unspecified atom stereocenters. The first kappa shape index (κ1) is 14.1. The second kappa shape index (κ2) is 6.19. The van der Waals surface area contributed by atoms with Gasteiger partial charge in [-0.2, -0.15) is 5.10 Å². The van der Waals surface area contributed by atoms with E-state index in [0.29, 0.717) is 12.5 Å². The Morgan fingerprint density at radius 1 is 1.53 bits per heavy atom. The van der Waals surface area contributed by atoms with Crippen LogP contribution in [0.5, 0.6) is 0 Å². The highest BCUT2D eigenvalue weighted by atomic mass is 16.3. The minimum Gasteiger partial charge on any atom is -0.396 e. The number of amides is 1. The SMILES string of the molecule is Cc1cc(C)n(CC(=O)N2CCCC(CCO)C2)n1. The third-order valence-electron chi connectivity index (χ3n) is 3.80. The number of hydrogen-bond acceptors (Lipinski definition) is 3. The molecule has 1 fully saturated rings. The Morgan fingerprint density at radius 2 is 2.32 bits per heavy atom. The lowest BCUT2D eigenvalue weighted by Crippen LogP contribution is -2.42. The molecule has 2 heterocycles. The van der Waals surface area contributed by atoms with Gasteiger partial charge >= 0.3 is 0 Å². The van der Waals surface area contributed by atoms with Crippen LogP contribution >= 0.6 is 0 Å². The van der Waals surface area contributed by atoms with Crippen molar-refractivity contribution < 1.29 is 9.90 Å². The number of aryl methyl sites for hydroxylation is 2. The maximum absolute atomic E-state index is 12.3. The van der Waals surface area contributed by atoms with Crippen molar-refractivity contribution in [3.63, 3.8) is 0 Å². The molecule has 1 atom stereocenters. The van der Waals surface area contributed by atoms with Crippen LogP contribution in [0.2, 0.25) is 0 Å². The first-order valence-electron chi connectivity index (χ1n) is 7.00. The summed E-state index contributed by atoms with van der Waals surface area (Å²) in [6.07, 6.45) is 2.95. The molecule has 19 heavy (non-hydrogen) atoms. The molecule has 0 aliphatic carbocycles. The van der Waals surface area contributed by atoms with Gasteiger partial charge in [-0.15, -0.1) is 0 Å². The van der Waals surface area contributed by atoms with Gasteiger partial charge in [-0.05, 0) is 45.1 Å². The van der Waals surface area contributed by atoms with Crippen LogP contribution in [-0.2, 0) is 11.3 Å². The third kappa shape index (κ3) is 3.56. The van der Waals surface area contributed by atoms with Gasteiger partial charge in [-0.3, -0.25) is 9.48 Å². The Kier molecular flexibility index (Phi) is 4.58. The lowest BCUT2D eigenvalue weighted by Gasteiger charge is -2.32. The largest absolute Gasteiger partial charge is 0.396 e. The molecule has 1 aliphatic rings. The first-order chi connectivity index (χ1) is 9.10. The Morgan fingerprint density at radius 3 is 2.95 bits per heavy atom. The van der Waals surface area contributed by atoms with Crippen molar-refractivity contribution in [3.05, 3.63) is 17.5 Å². The molecule has 0 spiro atoms. The number of aliphatic hydroxyl groups is 1. The normalized spacial score (nSPS) is 19.7. The molecule has 5 nitrogen and oxygen atoms in total. The van der Waals surface area contributed by atoms with Gasteiger partial charge in [0.25, 0.3) is 0 Å². The van der Waals surface area contributed by atoms with E-state index in [1.165, 1.54) is 0 Å². The fourth-order valence-corrected chi connectivity index (χ4v) is 2.77. The van der Waals surface area contributed by atoms with E-state index in [1.54, 1.807) is 4.68 Å². The Bertz CT molecular complexity index is 440. The summed E-state index contributed by atoms with van der Waals surface area (Å²) < 4.78 is 1.77. The van der Waals surface area contributed by atoms with Crippen LogP contribution in [0, 0.1) is 19.8 Å². The molecule has 1 amide bonds. The zero-order valence-electron chi connectivity index (χ0n) is 11.8. The highest BCUT2D eigenvalue weighted by molar-refractivity contribution is 5.76. The number of nitrogens with zero attached hydrogens (tertiary/aromatic N) is 3. The monoisotopic (exact) mass is 265 g/mol. The summed E-state index contributed by atoms with van der Waals surface area (Å²) >= 11 is 0. The molecule has 1 aromatic heterocycles. The fourth-order valence-electron chi connectivity index (χ4n) is 2.77. The molecule has 1 aliphatic heterocycles. The average Bonchev–Trinajstić information content (AvgIpc) is 2.68. The van der Waals surface area contributed by atoms with Gasteiger partial charge in [0.15, 0.2) is 0 Å². The van der Waals surface area contributed by atoms with Gasteiger partial charge in [0, 0.05) is 25.4 Å². The van der Waals surface area contributed by atoms with Crippen LogP contribution in [0.15, 0.2) is 6.07 Å². The number of rotatable bonds is 4. The van der Waals surface area contributed by atoms with Crippen LogP contribution in [0.25, 0.3) is 0 Å². The van der Waals surface area contributed by atoms with E-state index in [9.17, 15) is 4.79 Å². The van der Waals surface area contributed by atoms with Crippen molar-refractivity contribution in [2.75, 3.05) is 19.7 Å². The molecule has 106 valence electrons. The number of carbonyl (C=O) groups is 1. The Labute approximate surface area is 114 Å². The van der Waals surface area contributed by atoms with Gasteiger partial charge in [-0.25, -0.2) is 0 Å². The number of hydrogen-bond donors (Lipinski definition) is 1. The van der Waals surface area contributed by atoms with Crippen LogP contribution in [-0.4, -0.2) is 45.4 Å². The molecule has 0 bridgehead atoms. The van der Waals surface area contributed by atoms with Gasteiger partial charge in [0.05, 0.1) is 5.69 Å². The molecule has 5 heteroatoms. The highest BCUT2D eigenvalue weighted by Gasteiger charge is 2.23. The van der Waals surface area contributed by atoms with E-state index < -0.39 is 0 Å². The van der Waals surface area contributed by atoms with Crippen LogP contribution < -0.4 is 0 Å². The van der Waals surface area contributed by atoms with Crippen LogP contribution in [0.4, 0.5) is 0 Å². The lowest BCUT2D eigenvalue weighted by atomic mass is 9.95. The van der Waals surface area contributed by atoms with E-state index >= 15 is 0 Å². The summed E-state index contributed by atoms with van der Waals surface area (Å²) in [4.78, 5) is 14.2. The van der Waals surface area contributed by atoms with Crippen molar-refractivity contribution in [3.8, 4) is 0 Å². The van der Waals surface area contributed by atoms with E-state index in [0.717, 1.165) is 43.7 Å². The van der Waals surface area contributed by atoms with Crippen molar-refractivity contribution in [1.82, 2.24) is 14.7 Å². The van der Waals surface area contributed by atoms with Crippen molar-refractivity contribution in [2.45, 2.75) is 39.7 Å². The van der Waals surface area contributed by atoms with Crippen molar-refractivity contribution in [2.24, 2.45) is 5.92 Å². The summed E-state index contributed by atoms with van der Waals surface area (Å²) in [5, 5.41) is 13.3. The van der Waals surface area contributed by atoms with E-state index in [4.69, 9.17) is 5.11 Å². The number of carbonyl (C=O) groups excluding carboxylic acids is 1. The summed E-state index contributed by atoms with van der Waals surface area (Å²) in [6, 6.07) is 1.98. The predicted molar refractivity (Wildman–Crippen MR) is 72.7 cm³/mol. The number of aromatic nitrogens is 2. The number of likely N-dealkylation sites (tertiary alicyclic amines) is 1. The average molecular weight is 265 g/mol. The summed E-state index contributed by atoms with van der Waals surface area (Å²) in [5.74, 6) is 0.581. The second-order valence-corrected chi connectivity index (χ2v) is 5.45. The Balaban J connectivity index is 1.94. The van der Waals surface area contributed by atoms with Gasteiger partial charge in [0.2, 0.25) is 5.91 Å². The van der Waals surface area contributed by atoms with Crippen molar-refractivity contribution >= 4 is 5.91 Å². The van der Waals surface area contributed by atoms with Crippen LogP contribution in [0.3, 0.4) is 0 Å². The molecule has 2 rings (SSSR count). The number of aliphatic hydroxyl groups excluding tert-OH is 1. The molecule has 1 N–H and O–H groups in total. The third-order valence-corrected chi connectivity index (χ3v) is 3.80. The summed E-state index contributed by atoms with van der Waals surface area (Å²) in [7, 11) is 0. The topological polar surface area (TPSA) is 58.4 Å². The van der Waals surface area contributed by atoms with E-state index in [-0.39, 0.29) is 12.5 Å². The molecule has 0 aromatic carbocycles. The number of piperidine rings is 1. The highest BCUT2D eigenvalue weighted by Crippen LogP contribution is 2.19. The van der Waals surface area contributed by atoms with E-state index in [2.05, 4.69) is 5.10 Å². The molecule has 0 radical (unpaired) electrons. The minimum absolute atomic E-state index is 0.133. The molecule has 0 saturated carbocycles. The summed E-state index contributed by atoms with van der Waals surface area (Å²) in [6.45, 7) is 6.05. The fraction of sp³-hybridized carbons (Fsp3) is 0.714. The van der Waals surface area contributed by atoms with Crippen molar-refractivity contribution in [1.29, 1.82) is 0 Å².